The lowest BCUT2D eigenvalue weighted by atomic mass is 10.1. The number of rotatable bonds is 3. The molecule has 24 heavy (non-hydrogen) atoms. The Labute approximate surface area is 142 Å². The first-order chi connectivity index (χ1) is 11.8. The van der Waals surface area contributed by atoms with Gasteiger partial charge in [-0.25, -0.2) is 0 Å². The number of hydrogen-bond donors (Lipinski definition) is 0. The average molecular weight is 309 g/mol. The van der Waals surface area contributed by atoms with E-state index in [0.29, 0.717) is 0 Å². The van der Waals surface area contributed by atoms with E-state index < -0.39 is 0 Å². The van der Waals surface area contributed by atoms with Gasteiger partial charge in [-0.3, -0.25) is 0 Å². The first kappa shape index (κ1) is 14.5. The third-order valence-corrected chi connectivity index (χ3v) is 4.58. The molecule has 0 saturated carbocycles. The summed E-state index contributed by atoms with van der Waals surface area (Å²) in [5.74, 6) is 0. The predicted octanol–water partition coefficient (Wildman–Crippen LogP) is 6.26. The van der Waals surface area contributed by atoms with Gasteiger partial charge in [-0.15, -0.1) is 0 Å². The fraction of sp³-hybridized carbons (Fsp3) is 0.0435. The van der Waals surface area contributed by atoms with Crippen LogP contribution in [0.15, 0.2) is 103 Å². The molecule has 0 radical (unpaired) electrons. The number of benzene rings is 2. The highest BCUT2D eigenvalue weighted by molar-refractivity contribution is 6.10. The second-order valence-electron chi connectivity index (χ2n) is 5.98. The molecule has 0 amide bonds. The van der Waals surface area contributed by atoms with Crippen LogP contribution in [0.2, 0.25) is 0 Å². The van der Waals surface area contributed by atoms with Gasteiger partial charge in [0.15, 0.2) is 0 Å². The molecule has 0 N–H and O–H groups in total. The molecule has 1 heterocycles. The fourth-order valence-electron chi connectivity index (χ4n) is 3.37. The molecule has 1 aliphatic carbocycles. The van der Waals surface area contributed by atoms with Gasteiger partial charge in [0.2, 0.25) is 0 Å². The highest BCUT2D eigenvalue weighted by atomic mass is 15.0. The zero-order valence-electron chi connectivity index (χ0n) is 13.6. The topological polar surface area (TPSA) is 4.93 Å². The van der Waals surface area contributed by atoms with Crippen molar-refractivity contribution in [2.24, 2.45) is 0 Å². The van der Waals surface area contributed by atoms with E-state index in [1.165, 1.54) is 27.5 Å². The van der Waals surface area contributed by atoms with E-state index in [1.807, 2.05) is 6.08 Å². The number of nitrogens with zero attached hydrogens (tertiary/aromatic N) is 1. The van der Waals surface area contributed by atoms with Crippen LogP contribution in [0.1, 0.15) is 6.42 Å². The predicted molar refractivity (Wildman–Crippen MR) is 105 cm³/mol. The molecule has 1 aliphatic rings. The summed E-state index contributed by atoms with van der Waals surface area (Å²) in [5, 5.41) is 2.59. The lowest BCUT2D eigenvalue weighted by Crippen LogP contribution is -1.95. The molecule has 0 bridgehead atoms. The van der Waals surface area contributed by atoms with Crippen LogP contribution in [0.5, 0.6) is 0 Å². The maximum atomic E-state index is 4.06. The number of hydrogen-bond acceptors (Lipinski definition) is 0. The molecule has 0 atom stereocenters. The van der Waals surface area contributed by atoms with E-state index in [9.17, 15) is 0 Å². The Morgan fingerprint density at radius 3 is 2.21 bits per heavy atom. The van der Waals surface area contributed by atoms with Crippen molar-refractivity contribution in [3.05, 3.63) is 103 Å². The van der Waals surface area contributed by atoms with Crippen molar-refractivity contribution in [3.8, 4) is 0 Å². The van der Waals surface area contributed by atoms with Gasteiger partial charge in [-0.2, -0.15) is 0 Å². The van der Waals surface area contributed by atoms with Crippen molar-refractivity contribution in [2.45, 2.75) is 6.42 Å². The standard InChI is InChI=1S/C23H19N/c1-3-17(2)18-9-8-10-19(16-15-18)24-22-13-6-4-11-20(22)21-12-5-7-14-23(21)24/h3-15H,1-2,16H2. The van der Waals surface area contributed by atoms with Crippen LogP contribution >= 0.6 is 0 Å². The normalized spacial score (nSPS) is 14.3. The van der Waals surface area contributed by atoms with Crippen LogP contribution in [0, 0.1) is 0 Å². The van der Waals surface area contributed by atoms with Gasteiger partial charge in [0.25, 0.3) is 0 Å². The Balaban J connectivity index is 1.92. The smallest absolute Gasteiger partial charge is 0.0537 e. The molecule has 4 rings (SSSR count). The average Bonchev–Trinajstić information content (AvgIpc) is 2.78. The zero-order valence-corrected chi connectivity index (χ0v) is 13.6. The van der Waals surface area contributed by atoms with Gasteiger partial charge in [0.05, 0.1) is 11.0 Å². The van der Waals surface area contributed by atoms with Gasteiger partial charge in [0.1, 0.15) is 0 Å². The third-order valence-electron chi connectivity index (χ3n) is 4.58. The molecule has 3 aromatic rings. The van der Waals surface area contributed by atoms with E-state index in [-0.39, 0.29) is 0 Å². The van der Waals surface area contributed by atoms with Crippen molar-refractivity contribution >= 4 is 27.5 Å². The molecule has 1 nitrogen and oxygen atoms in total. The zero-order chi connectivity index (χ0) is 16.5. The monoisotopic (exact) mass is 309 g/mol. The Kier molecular flexibility index (Phi) is 3.55. The highest BCUT2D eigenvalue weighted by Crippen LogP contribution is 2.33. The molecule has 2 aromatic carbocycles. The van der Waals surface area contributed by atoms with Gasteiger partial charge < -0.3 is 4.57 Å². The van der Waals surface area contributed by atoms with E-state index in [2.05, 4.69) is 90.6 Å². The second kappa shape index (κ2) is 5.86. The molecule has 0 fully saturated rings. The highest BCUT2D eigenvalue weighted by Gasteiger charge is 2.13. The number of aromatic nitrogens is 1. The van der Waals surface area contributed by atoms with Crippen LogP contribution in [0.25, 0.3) is 27.5 Å². The lowest BCUT2D eigenvalue weighted by molar-refractivity contribution is 1.14. The minimum absolute atomic E-state index is 0.859. The van der Waals surface area contributed by atoms with E-state index in [1.54, 1.807) is 0 Å². The van der Waals surface area contributed by atoms with Crippen molar-refractivity contribution in [1.29, 1.82) is 0 Å². The Morgan fingerprint density at radius 2 is 1.58 bits per heavy atom. The second-order valence-corrected chi connectivity index (χ2v) is 5.98. The van der Waals surface area contributed by atoms with E-state index >= 15 is 0 Å². The summed E-state index contributed by atoms with van der Waals surface area (Å²) in [6, 6.07) is 17.2. The van der Waals surface area contributed by atoms with Crippen molar-refractivity contribution < 1.29 is 0 Å². The summed E-state index contributed by atoms with van der Waals surface area (Å²) < 4.78 is 2.37. The summed E-state index contributed by atoms with van der Waals surface area (Å²) in [4.78, 5) is 0. The summed E-state index contributed by atoms with van der Waals surface area (Å²) in [5.41, 5.74) is 5.85. The molecule has 0 spiro atoms. The van der Waals surface area contributed by atoms with Crippen LogP contribution < -0.4 is 0 Å². The van der Waals surface area contributed by atoms with Crippen molar-refractivity contribution in [1.82, 2.24) is 4.57 Å². The van der Waals surface area contributed by atoms with Crippen LogP contribution in [0.4, 0.5) is 0 Å². The van der Waals surface area contributed by atoms with E-state index in [4.69, 9.17) is 0 Å². The van der Waals surface area contributed by atoms with Gasteiger partial charge in [-0.1, -0.05) is 73.9 Å². The molecule has 0 unspecified atom stereocenters. The van der Waals surface area contributed by atoms with Crippen molar-refractivity contribution in [2.75, 3.05) is 0 Å². The SMILES string of the molecule is C=CC(=C)C1=CCC(n2c3ccccc3c3ccccc32)=CC=C1. The van der Waals surface area contributed by atoms with Crippen LogP contribution in [-0.4, -0.2) is 4.57 Å². The van der Waals surface area contributed by atoms with Gasteiger partial charge >= 0.3 is 0 Å². The minimum Gasteiger partial charge on any atom is -0.313 e. The third kappa shape index (κ3) is 2.26. The summed E-state index contributed by atoms with van der Waals surface area (Å²) in [6.45, 7) is 7.88. The molecule has 0 aliphatic heterocycles. The molecule has 1 heteroatoms. The summed E-state index contributed by atoms with van der Waals surface area (Å²) in [7, 11) is 0. The minimum atomic E-state index is 0.859. The number of fused-ring (bicyclic) bond motifs is 3. The van der Waals surface area contributed by atoms with Crippen LogP contribution in [0.3, 0.4) is 0 Å². The molecule has 1 aromatic heterocycles. The molecule has 0 saturated heterocycles. The number of para-hydroxylation sites is 2. The first-order valence-electron chi connectivity index (χ1n) is 8.17. The summed E-state index contributed by atoms with van der Waals surface area (Å²) in [6.07, 6.45) is 11.3. The van der Waals surface area contributed by atoms with Crippen molar-refractivity contribution in [3.63, 3.8) is 0 Å². The Hall–Kier alpha value is -3.06. The van der Waals surface area contributed by atoms with Gasteiger partial charge in [0, 0.05) is 22.9 Å². The molecule has 116 valence electrons. The Morgan fingerprint density at radius 1 is 0.958 bits per heavy atom. The maximum Gasteiger partial charge on any atom is 0.0537 e. The first-order valence-corrected chi connectivity index (χ1v) is 8.17. The maximum absolute atomic E-state index is 4.06. The Bertz CT molecular complexity index is 1000. The van der Waals surface area contributed by atoms with Gasteiger partial charge in [-0.05, 0) is 29.4 Å². The quantitative estimate of drug-likeness (QED) is 0.503. The molecular weight excluding hydrogens is 290 g/mol. The van der Waals surface area contributed by atoms with E-state index in [0.717, 1.165) is 17.6 Å². The fourth-order valence-corrected chi connectivity index (χ4v) is 3.37. The molecular formula is C23H19N. The lowest BCUT2D eigenvalue weighted by Gasteiger charge is -2.10. The number of allylic oxidation sites excluding steroid dienone is 8. The largest absolute Gasteiger partial charge is 0.313 e. The van der Waals surface area contributed by atoms with Crippen LogP contribution in [-0.2, 0) is 0 Å². The summed E-state index contributed by atoms with van der Waals surface area (Å²) >= 11 is 0.